The van der Waals surface area contributed by atoms with Gasteiger partial charge in [0.1, 0.15) is 0 Å². The van der Waals surface area contributed by atoms with Gasteiger partial charge in [-0.2, -0.15) is 0 Å². The number of halogens is 1. The third-order valence-corrected chi connectivity index (χ3v) is 4.00. The fourth-order valence-corrected chi connectivity index (χ4v) is 1.46. The monoisotopic (exact) mass is 314 g/mol. The molecular formula is C12H15BrN2OS. The average Bonchev–Trinajstić information content (AvgIpc) is 2.23. The molecule has 1 aromatic carbocycles. The Morgan fingerprint density at radius 3 is 2.53 bits per heavy atom. The quantitative estimate of drug-likeness (QED) is 0.843. The van der Waals surface area contributed by atoms with E-state index in [0.717, 1.165) is 15.7 Å². The van der Waals surface area contributed by atoms with Crippen molar-refractivity contribution in [1.82, 2.24) is 0 Å². The Morgan fingerprint density at radius 2 is 2.06 bits per heavy atom. The van der Waals surface area contributed by atoms with Gasteiger partial charge in [0.2, 0.25) is 5.91 Å². The zero-order chi connectivity index (χ0) is 13.2. The highest BCUT2D eigenvalue weighted by Gasteiger charge is 2.30. The van der Waals surface area contributed by atoms with Crippen molar-refractivity contribution in [1.29, 1.82) is 0 Å². The van der Waals surface area contributed by atoms with E-state index in [2.05, 4.69) is 21.2 Å². The number of hydrogen-bond acceptors (Lipinski definition) is 2. The number of carbonyl (C=O) groups is 1. The highest BCUT2D eigenvalue weighted by molar-refractivity contribution is 9.10. The van der Waals surface area contributed by atoms with Crippen LogP contribution in [0.2, 0.25) is 0 Å². The van der Waals surface area contributed by atoms with Crippen molar-refractivity contribution in [3.8, 4) is 0 Å². The molecular weight excluding hydrogens is 300 g/mol. The second kappa shape index (κ2) is 5.14. The Balaban J connectivity index is 2.89. The summed E-state index contributed by atoms with van der Waals surface area (Å²) in [6, 6.07) is 5.60. The average molecular weight is 315 g/mol. The molecule has 0 radical (unpaired) electrons. The first-order valence-corrected chi connectivity index (χ1v) is 6.33. The van der Waals surface area contributed by atoms with E-state index in [-0.39, 0.29) is 10.9 Å². The first kappa shape index (κ1) is 14.1. The first-order valence-electron chi connectivity index (χ1n) is 5.12. The summed E-state index contributed by atoms with van der Waals surface area (Å²) in [5.74, 6) is -0.202. The van der Waals surface area contributed by atoms with Gasteiger partial charge in [0.05, 0.1) is 10.4 Å². The van der Waals surface area contributed by atoms with Crippen molar-refractivity contribution in [3.05, 3.63) is 28.2 Å². The van der Waals surface area contributed by atoms with Gasteiger partial charge in [-0.25, -0.2) is 0 Å². The minimum absolute atomic E-state index is 0.184. The van der Waals surface area contributed by atoms with Gasteiger partial charge >= 0.3 is 0 Å². The van der Waals surface area contributed by atoms with Crippen LogP contribution in [0.4, 0.5) is 5.69 Å². The second-order valence-corrected chi connectivity index (χ2v) is 5.70. The number of anilines is 1. The van der Waals surface area contributed by atoms with E-state index >= 15 is 0 Å². The van der Waals surface area contributed by atoms with Crippen LogP contribution in [-0.2, 0) is 4.79 Å². The maximum atomic E-state index is 12.0. The lowest BCUT2D eigenvalue weighted by molar-refractivity contribution is -0.121. The van der Waals surface area contributed by atoms with E-state index in [1.165, 1.54) is 0 Å². The molecule has 3 N–H and O–H groups in total. The summed E-state index contributed by atoms with van der Waals surface area (Å²) in [4.78, 5) is 12.2. The molecule has 1 rings (SSSR count). The fourth-order valence-electron chi connectivity index (χ4n) is 1.12. The molecule has 92 valence electrons. The summed E-state index contributed by atoms with van der Waals surface area (Å²) in [7, 11) is 0. The molecule has 0 spiro atoms. The predicted molar refractivity (Wildman–Crippen MR) is 78.1 cm³/mol. The number of thiocarbonyl (C=S) groups is 1. The van der Waals surface area contributed by atoms with Gasteiger partial charge in [0.15, 0.2) is 0 Å². The van der Waals surface area contributed by atoms with Gasteiger partial charge in [0.25, 0.3) is 0 Å². The van der Waals surface area contributed by atoms with Crippen molar-refractivity contribution >= 4 is 44.7 Å². The summed E-state index contributed by atoms with van der Waals surface area (Å²) in [6.45, 7) is 5.37. The molecule has 17 heavy (non-hydrogen) atoms. The van der Waals surface area contributed by atoms with Crippen LogP contribution in [0.25, 0.3) is 0 Å². The number of rotatable bonds is 3. The minimum Gasteiger partial charge on any atom is -0.392 e. The first-order chi connectivity index (χ1) is 7.75. The van der Waals surface area contributed by atoms with Crippen molar-refractivity contribution in [3.63, 3.8) is 0 Å². The van der Waals surface area contributed by atoms with E-state index in [9.17, 15) is 4.79 Å². The number of aryl methyl sites for hydroxylation is 1. The molecule has 0 aliphatic rings. The van der Waals surface area contributed by atoms with Gasteiger partial charge < -0.3 is 11.1 Å². The van der Waals surface area contributed by atoms with Crippen LogP contribution in [0.3, 0.4) is 0 Å². The summed E-state index contributed by atoms with van der Waals surface area (Å²) < 4.78 is 1.00. The standard InChI is InChI=1S/C12H15BrN2OS/c1-7-6-8(4-5-9(7)13)15-11(16)12(2,3)10(14)17/h4-6H,1-3H3,(H2,14,17)(H,15,16). The molecule has 0 atom stereocenters. The lowest BCUT2D eigenvalue weighted by atomic mass is 9.92. The molecule has 0 heterocycles. The highest BCUT2D eigenvalue weighted by Crippen LogP contribution is 2.23. The Morgan fingerprint density at radius 1 is 1.47 bits per heavy atom. The van der Waals surface area contributed by atoms with Crippen LogP contribution in [-0.4, -0.2) is 10.9 Å². The van der Waals surface area contributed by atoms with E-state index in [1.54, 1.807) is 13.8 Å². The largest absolute Gasteiger partial charge is 0.392 e. The summed E-state index contributed by atoms with van der Waals surface area (Å²) in [6.07, 6.45) is 0. The van der Waals surface area contributed by atoms with E-state index in [4.69, 9.17) is 18.0 Å². The Hall–Kier alpha value is -0.940. The van der Waals surface area contributed by atoms with Gasteiger partial charge in [-0.05, 0) is 44.5 Å². The Labute approximate surface area is 115 Å². The molecule has 0 bridgehead atoms. The lowest BCUT2D eigenvalue weighted by Gasteiger charge is -2.22. The highest BCUT2D eigenvalue weighted by atomic mass is 79.9. The third-order valence-electron chi connectivity index (χ3n) is 2.60. The summed E-state index contributed by atoms with van der Waals surface area (Å²) >= 11 is 8.28. The maximum Gasteiger partial charge on any atom is 0.236 e. The number of nitrogens with two attached hydrogens (primary N) is 1. The van der Waals surface area contributed by atoms with Crippen LogP contribution in [0.15, 0.2) is 22.7 Å². The number of benzene rings is 1. The van der Waals surface area contributed by atoms with Crippen LogP contribution >= 0.6 is 28.1 Å². The molecule has 0 saturated carbocycles. The van der Waals surface area contributed by atoms with Crippen molar-refractivity contribution < 1.29 is 4.79 Å². The number of nitrogens with one attached hydrogen (secondary N) is 1. The lowest BCUT2D eigenvalue weighted by Crippen LogP contribution is -2.41. The van der Waals surface area contributed by atoms with Gasteiger partial charge in [-0.3, -0.25) is 4.79 Å². The van der Waals surface area contributed by atoms with Crippen molar-refractivity contribution in [2.75, 3.05) is 5.32 Å². The van der Waals surface area contributed by atoms with Crippen molar-refractivity contribution in [2.45, 2.75) is 20.8 Å². The maximum absolute atomic E-state index is 12.0. The number of hydrogen-bond donors (Lipinski definition) is 2. The second-order valence-electron chi connectivity index (χ2n) is 4.41. The van der Waals surface area contributed by atoms with Crippen molar-refractivity contribution in [2.24, 2.45) is 11.1 Å². The van der Waals surface area contributed by atoms with E-state index < -0.39 is 5.41 Å². The molecule has 3 nitrogen and oxygen atoms in total. The van der Waals surface area contributed by atoms with Crippen LogP contribution in [0.5, 0.6) is 0 Å². The third kappa shape index (κ3) is 3.26. The Bertz CT molecular complexity index is 472. The molecule has 0 unspecified atom stereocenters. The van der Waals surface area contributed by atoms with Crippen LogP contribution in [0, 0.1) is 12.3 Å². The smallest absolute Gasteiger partial charge is 0.236 e. The molecule has 0 fully saturated rings. The van der Waals surface area contributed by atoms with Gasteiger partial charge in [0, 0.05) is 10.2 Å². The molecule has 1 amide bonds. The molecule has 0 aromatic heterocycles. The summed E-state index contributed by atoms with van der Waals surface area (Å²) in [5, 5.41) is 2.80. The molecule has 0 saturated heterocycles. The number of amides is 1. The zero-order valence-corrected chi connectivity index (χ0v) is 12.4. The topological polar surface area (TPSA) is 55.1 Å². The number of carbonyl (C=O) groups excluding carboxylic acids is 1. The van der Waals surface area contributed by atoms with Crippen LogP contribution < -0.4 is 11.1 Å². The molecule has 1 aromatic rings. The zero-order valence-electron chi connectivity index (χ0n) is 10.0. The minimum atomic E-state index is -0.851. The van der Waals surface area contributed by atoms with Crippen LogP contribution in [0.1, 0.15) is 19.4 Å². The fraction of sp³-hybridized carbons (Fsp3) is 0.333. The molecule has 0 aliphatic heterocycles. The molecule has 0 aliphatic carbocycles. The SMILES string of the molecule is Cc1cc(NC(=O)C(C)(C)C(N)=S)ccc1Br. The van der Waals surface area contributed by atoms with E-state index in [1.807, 2.05) is 25.1 Å². The van der Waals surface area contributed by atoms with E-state index in [0.29, 0.717) is 0 Å². The predicted octanol–water partition coefficient (Wildman–Crippen LogP) is 3.01. The normalized spacial score (nSPS) is 11.1. The van der Waals surface area contributed by atoms with Gasteiger partial charge in [-0.1, -0.05) is 28.1 Å². The van der Waals surface area contributed by atoms with Gasteiger partial charge in [-0.15, -0.1) is 0 Å². The summed E-state index contributed by atoms with van der Waals surface area (Å²) in [5.41, 5.74) is 6.48. The molecule has 5 heteroatoms. The Kier molecular flexibility index (Phi) is 4.27.